The maximum absolute atomic E-state index is 11.5. The molecule has 0 spiro atoms. The van der Waals surface area contributed by atoms with Crippen molar-refractivity contribution >= 4 is 5.97 Å². The fraction of sp³-hybridized carbons (Fsp3) is 0.957. The van der Waals surface area contributed by atoms with E-state index in [4.69, 9.17) is 4.74 Å². The number of hydrogen-bond donors (Lipinski definition) is 0. The zero-order chi connectivity index (χ0) is 17.8. The Labute approximate surface area is 154 Å². The molecular formula is C23H38O2. The van der Waals surface area contributed by atoms with Crippen LogP contribution in [0.4, 0.5) is 0 Å². The number of carbonyl (C=O) groups excluding carboxylic acids is 1. The molecule has 0 amide bonds. The Balaban J connectivity index is 1.56. The number of carbonyl (C=O) groups is 1. The smallest absolute Gasteiger partial charge is 0.302 e. The Morgan fingerprint density at radius 3 is 2.44 bits per heavy atom. The van der Waals surface area contributed by atoms with Crippen molar-refractivity contribution in [3.63, 3.8) is 0 Å². The van der Waals surface area contributed by atoms with Crippen LogP contribution in [0.25, 0.3) is 0 Å². The van der Waals surface area contributed by atoms with Crippen LogP contribution in [0.1, 0.15) is 91.9 Å². The Kier molecular flexibility index (Phi) is 4.48. The monoisotopic (exact) mass is 346 g/mol. The molecule has 4 saturated carbocycles. The number of hydrogen-bond acceptors (Lipinski definition) is 2. The third kappa shape index (κ3) is 2.69. The highest BCUT2D eigenvalue weighted by Crippen LogP contribution is 2.67. The Morgan fingerprint density at radius 1 is 0.920 bits per heavy atom. The molecule has 2 nitrogen and oxygen atoms in total. The Bertz CT molecular complexity index is 528. The van der Waals surface area contributed by atoms with Crippen molar-refractivity contribution < 1.29 is 9.53 Å². The zero-order valence-corrected chi connectivity index (χ0v) is 16.9. The van der Waals surface area contributed by atoms with E-state index in [1.807, 2.05) is 0 Å². The van der Waals surface area contributed by atoms with Gasteiger partial charge in [0.25, 0.3) is 0 Å². The molecule has 0 unspecified atom stereocenters. The first kappa shape index (κ1) is 17.9. The van der Waals surface area contributed by atoms with Gasteiger partial charge in [-0.15, -0.1) is 0 Å². The van der Waals surface area contributed by atoms with Crippen LogP contribution in [0.5, 0.6) is 0 Å². The van der Waals surface area contributed by atoms with Gasteiger partial charge in [0.1, 0.15) is 6.10 Å². The molecule has 0 aliphatic heterocycles. The highest BCUT2D eigenvalue weighted by atomic mass is 16.5. The van der Waals surface area contributed by atoms with E-state index < -0.39 is 0 Å². The van der Waals surface area contributed by atoms with E-state index in [-0.39, 0.29) is 12.1 Å². The first-order chi connectivity index (χ1) is 11.9. The molecule has 2 heteroatoms. The summed E-state index contributed by atoms with van der Waals surface area (Å²) in [7, 11) is 0. The van der Waals surface area contributed by atoms with Crippen molar-refractivity contribution in [1.82, 2.24) is 0 Å². The minimum Gasteiger partial charge on any atom is -0.463 e. The Morgan fingerprint density at radius 2 is 1.68 bits per heavy atom. The molecule has 0 aromatic carbocycles. The van der Waals surface area contributed by atoms with Gasteiger partial charge in [-0.25, -0.2) is 0 Å². The summed E-state index contributed by atoms with van der Waals surface area (Å²) in [6, 6.07) is 0. The van der Waals surface area contributed by atoms with E-state index in [0.717, 1.165) is 23.7 Å². The molecule has 0 N–H and O–H groups in total. The highest BCUT2D eigenvalue weighted by molar-refractivity contribution is 5.66. The third-order valence-electron chi connectivity index (χ3n) is 9.58. The SMILES string of the molecule is CC(=O)O[C@@H](C)[C@@H]1CC[C@@H]2[C@@H]3CC[C@H]4CCCC[C@]4(C)[C@@H]3CC[C@@]21C. The summed E-state index contributed by atoms with van der Waals surface area (Å²) in [6.07, 6.45) is 14.4. The lowest BCUT2D eigenvalue weighted by Gasteiger charge is -2.60. The Hall–Kier alpha value is -0.530. The normalized spacial score (nSPS) is 50.3. The van der Waals surface area contributed by atoms with E-state index in [1.54, 1.807) is 6.92 Å². The molecule has 0 radical (unpaired) electrons. The number of ether oxygens (including phenoxy) is 1. The molecule has 0 aromatic heterocycles. The average molecular weight is 347 g/mol. The predicted molar refractivity (Wildman–Crippen MR) is 101 cm³/mol. The molecule has 4 aliphatic carbocycles. The van der Waals surface area contributed by atoms with Gasteiger partial charge in [-0.3, -0.25) is 4.79 Å². The molecule has 4 fully saturated rings. The fourth-order valence-corrected chi connectivity index (χ4v) is 8.45. The van der Waals surface area contributed by atoms with E-state index in [2.05, 4.69) is 20.8 Å². The van der Waals surface area contributed by atoms with Crippen LogP contribution in [0.2, 0.25) is 0 Å². The second-order valence-corrected chi connectivity index (χ2v) is 10.4. The second kappa shape index (κ2) is 6.27. The molecule has 8 atom stereocenters. The number of esters is 1. The van der Waals surface area contributed by atoms with E-state index in [0.29, 0.717) is 16.7 Å². The number of fused-ring (bicyclic) bond motifs is 5. The molecule has 4 rings (SSSR count). The molecular weight excluding hydrogens is 308 g/mol. The molecule has 142 valence electrons. The summed E-state index contributed by atoms with van der Waals surface area (Å²) in [5.74, 6) is 4.24. The largest absolute Gasteiger partial charge is 0.463 e. The highest BCUT2D eigenvalue weighted by Gasteiger charge is 2.60. The maximum Gasteiger partial charge on any atom is 0.302 e. The summed E-state index contributed by atoms with van der Waals surface area (Å²) in [5.41, 5.74) is 1.02. The van der Waals surface area contributed by atoms with Gasteiger partial charge in [-0.1, -0.05) is 26.7 Å². The maximum atomic E-state index is 11.5. The van der Waals surface area contributed by atoms with Crippen molar-refractivity contribution in [3.05, 3.63) is 0 Å². The summed E-state index contributed by atoms with van der Waals surface area (Å²) in [6.45, 7) is 8.91. The lowest BCUT2D eigenvalue weighted by molar-refractivity contribution is -0.154. The minimum atomic E-state index is -0.108. The van der Waals surface area contributed by atoms with Crippen LogP contribution in [0.3, 0.4) is 0 Å². The zero-order valence-electron chi connectivity index (χ0n) is 16.9. The van der Waals surface area contributed by atoms with Gasteiger partial charge in [0, 0.05) is 12.8 Å². The van der Waals surface area contributed by atoms with Crippen LogP contribution in [-0.4, -0.2) is 12.1 Å². The van der Waals surface area contributed by atoms with Gasteiger partial charge in [0.05, 0.1) is 0 Å². The topological polar surface area (TPSA) is 26.3 Å². The van der Waals surface area contributed by atoms with Crippen LogP contribution >= 0.6 is 0 Å². The van der Waals surface area contributed by atoms with Crippen LogP contribution < -0.4 is 0 Å². The van der Waals surface area contributed by atoms with Gasteiger partial charge in [-0.05, 0) is 92.8 Å². The fourth-order valence-electron chi connectivity index (χ4n) is 8.45. The van der Waals surface area contributed by atoms with Crippen molar-refractivity contribution in [2.45, 2.75) is 98.0 Å². The average Bonchev–Trinajstić information content (AvgIpc) is 2.91. The summed E-state index contributed by atoms with van der Waals surface area (Å²) < 4.78 is 5.65. The predicted octanol–water partition coefficient (Wildman–Crippen LogP) is 5.99. The molecule has 0 heterocycles. The molecule has 4 aliphatic rings. The van der Waals surface area contributed by atoms with E-state index in [9.17, 15) is 4.79 Å². The first-order valence-electron chi connectivity index (χ1n) is 11.0. The lowest BCUT2D eigenvalue weighted by Crippen LogP contribution is -2.53. The third-order valence-corrected chi connectivity index (χ3v) is 9.58. The van der Waals surface area contributed by atoms with Gasteiger partial charge in [-0.2, -0.15) is 0 Å². The lowest BCUT2D eigenvalue weighted by atomic mass is 9.45. The minimum absolute atomic E-state index is 0.0886. The van der Waals surface area contributed by atoms with Gasteiger partial charge in [0.2, 0.25) is 0 Å². The summed E-state index contributed by atoms with van der Waals surface area (Å²) in [5, 5.41) is 0. The summed E-state index contributed by atoms with van der Waals surface area (Å²) in [4.78, 5) is 11.5. The van der Waals surface area contributed by atoms with Crippen LogP contribution in [-0.2, 0) is 9.53 Å². The molecule has 0 bridgehead atoms. The van der Waals surface area contributed by atoms with Crippen molar-refractivity contribution in [2.24, 2.45) is 40.4 Å². The van der Waals surface area contributed by atoms with Crippen molar-refractivity contribution in [1.29, 1.82) is 0 Å². The molecule has 25 heavy (non-hydrogen) atoms. The second-order valence-electron chi connectivity index (χ2n) is 10.4. The van der Waals surface area contributed by atoms with Crippen LogP contribution in [0.15, 0.2) is 0 Å². The van der Waals surface area contributed by atoms with Crippen molar-refractivity contribution in [3.8, 4) is 0 Å². The standard InChI is InChI=1S/C23H38O2/c1-15(25-16(2)24)19-10-11-20-18-9-8-17-7-5-6-13-22(17,3)21(18)12-14-23(19,20)4/h15,17-21H,5-14H2,1-4H3/t15-,17+,18-,19-,20+,21+,22-,23+/m0/s1. The van der Waals surface area contributed by atoms with E-state index in [1.165, 1.54) is 64.2 Å². The number of rotatable bonds is 2. The van der Waals surface area contributed by atoms with Crippen molar-refractivity contribution in [2.75, 3.05) is 0 Å². The van der Waals surface area contributed by atoms with Gasteiger partial charge >= 0.3 is 5.97 Å². The van der Waals surface area contributed by atoms with Gasteiger partial charge < -0.3 is 4.74 Å². The van der Waals surface area contributed by atoms with Crippen LogP contribution in [0, 0.1) is 40.4 Å². The first-order valence-corrected chi connectivity index (χ1v) is 11.0. The quantitative estimate of drug-likeness (QED) is 0.574. The molecule has 0 saturated heterocycles. The van der Waals surface area contributed by atoms with Gasteiger partial charge in [0.15, 0.2) is 0 Å². The summed E-state index contributed by atoms with van der Waals surface area (Å²) >= 11 is 0. The molecule has 0 aromatic rings. The van der Waals surface area contributed by atoms with E-state index >= 15 is 0 Å².